The van der Waals surface area contributed by atoms with Crippen molar-refractivity contribution < 1.29 is 10.2 Å². The number of nitrogens with zero attached hydrogens (tertiary/aromatic N) is 5. The van der Waals surface area contributed by atoms with Gasteiger partial charge in [0, 0.05) is 41.0 Å². The van der Waals surface area contributed by atoms with Crippen LogP contribution in [0.4, 0.5) is 5.82 Å². The van der Waals surface area contributed by atoms with Crippen LogP contribution in [-0.2, 0) is 6.42 Å². The van der Waals surface area contributed by atoms with E-state index in [0.717, 1.165) is 40.3 Å². The quantitative estimate of drug-likeness (QED) is 0.259. The number of anilines is 1. The van der Waals surface area contributed by atoms with Crippen LogP contribution in [0.5, 0.6) is 0 Å². The lowest BCUT2D eigenvalue weighted by Crippen LogP contribution is -2.15. The number of nitrogens with one attached hydrogen (secondary N) is 1. The van der Waals surface area contributed by atoms with Gasteiger partial charge in [0.05, 0.1) is 11.7 Å². The summed E-state index contributed by atoms with van der Waals surface area (Å²) in [5.74, 6) is -0.248. The van der Waals surface area contributed by atoms with Crippen molar-refractivity contribution in [2.75, 3.05) is 5.73 Å². The molecule has 1 aliphatic rings. The predicted molar refractivity (Wildman–Crippen MR) is 144 cm³/mol. The summed E-state index contributed by atoms with van der Waals surface area (Å²) >= 11 is 0. The minimum absolute atomic E-state index is 0.513. The maximum atomic E-state index is 8.08. The van der Waals surface area contributed by atoms with Gasteiger partial charge >= 0.3 is 0 Å². The number of rotatable bonds is 5. The van der Waals surface area contributed by atoms with Gasteiger partial charge in [-0.3, -0.25) is 5.10 Å². The summed E-state index contributed by atoms with van der Waals surface area (Å²) in [4.78, 5) is 13.2. The molecule has 1 aromatic carbocycles. The Morgan fingerprint density at radius 1 is 1.11 bits per heavy atom. The average Bonchev–Trinajstić information content (AvgIpc) is 3.62. The SMILES string of the molecule is CC(C)(O)O.Nc1ccc2cc(-c3cn[nH]c3)c(CCC3CCC(n4ccc5cncnc54)C3)cc2n1. The highest BCUT2D eigenvalue weighted by molar-refractivity contribution is 5.87. The van der Waals surface area contributed by atoms with Crippen LogP contribution in [0.2, 0.25) is 0 Å². The minimum Gasteiger partial charge on any atom is -0.384 e. The van der Waals surface area contributed by atoms with Crippen LogP contribution in [0.1, 0.15) is 51.1 Å². The Hall–Kier alpha value is -3.82. The van der Waals surface area contributed by atoms with Gasteiger partial charge in [0.1, 0.15) is 17.8 Å². The summed E-state index contributed by atoms with van der Waals surface area (Å²) in [6.45, 7) is 2.60. The van der Waals surface area contributed by atoms with E-state index in [0.29, 0.717) is 17.8 Å². The molecule has 0 spiro atoms. The third-order valence-corrected chi connectivity index (χ3v) is 6.85. The lowest BCUT2D eigenvalue weighted by molar-refractivity contribution is -0.127. The molecule has 37 heavy (non-hydrogen) atoms. The molecule has 1 saturated carbocycles. The van der Waals surface area contributed by atoms with Crippen molar-refractivity contribution in [1.82, 2.24) is 29.7 Å². The third-order valence-electron chi connectivity index (χ3n) is 6.85. The van der Waals surface area contributed by atoms with Crippen molar-refractivity contribution in [3.05, 3.63) is 67.0 Å². The van der Waals surface area contributed by atoms with Crippen LogP contribution in [0.3, 0.4) is 0 Å². The average molecular weight is 500 g/mol. The number of aromatic amines is 1. The molecular weight excluding hydrogens is 466 g/mol. The Kier molecular flexibility index (Phi) is 6.90. The second kappa shape index (κ2) is 10.3. The number of aromatic nitrogens is 6. The Labute approximate surface area is 215 Å². The van der Waals surface area contributed by atoms with Gasteiger partial charge in [-0.05, 0) is 93.3 Å². The molecule has 192 valence electrons. The summed E-state index contributed by atoms with van der Waals surface area (Å²) < 4.78 is 2.34. The van der Waals surface area contributed by atoms with E-state index < -0.39 is 5.79 Å². The lowest BCUT2D eigenvalue weighted by atomic mass is 9.92. The summed E-state index contributed by atoms with van der Waals surface area (Å²) in [5, 5.41) is 25.5. The summed E-state index contributed by atoms with van der Waals surface area (Å²) in [6, 6.07) is 10.9. The standard InChI is InChI=1S/C25H25N7.C3H8O2/c26-24-6-4-18-10-22(20-13-29-30-14-20)17(11-23(18)31-24)3-1-16-2-5-21(9-16)32-8-7-19-12-27-15-28-25(19)32;1-3(2,4)5/h4,6-8,10-16,21H,1-3,5,9H2,(H2,26,31)(H,29,30);4-5H,1-2H3. The summed E-state index contributed by atoms with van der Waals surface area (Å²) in [5.41, 5.74) is 11.6. The monoisotopic (exact) mass is 499 g/mol. The highest BCUT2D eigenvalue weighted by Gasteiger charge is 2.27. The number of hydrogen-bond acceptors (Lipinski definition) is 7. The molecule has 1 aliphatic carbocycles. The Balaban J connectivity index is 0.000000514. The third kappa shape index (κ3) is 5.95. The van der Waals surface area contributed by atoms with Crippen LogP contribution < -0.4 is 5.73 Å². The number of nitrogen functional groups attached to an aromatic ring is 1. The van der Waals surface area contributed by atoms with Crippen molar-refractivity contribution in [2.24, 2.45) is 5.92 Å². The maximum absolute atomic E-state index is 8.08. The predicted octanol–water partition coefficient (Wildman–Crippen LogP) is 4.63. The van der Waals surface area contributed by atoms with E-state index in [1.165, 1.54) is 44.2 Å². The zero-order valence-corrected chi connectivity index (χ0v) is 21.2. The first-order chi connectivity index (χ1) is 17.7. The highest BCUT2D eigenvalue weighted by Crippen LogP contribution is 2.39. The first-order valence-electron chi connectivity index (χ1n) is 12.6. The van der Waals surface area contributed by atoms with Crippen LogP contribution >= 0.6 is 0 Å². The molecule has 2 unspecified atom stereocenters. The van der Waals surface area contributed by atoms with Gasteiger partial charge in [0.2, 0.25) is 0 Å². The largest absolute Gasteiger partial charge is 0.384 e. The van der Waals surface area contributed by atoms with Crippen LogP contribution in [0, 0.1) is 5.92 Å². The number of benzene rings is 1. The molecule has 2 atom stereocenters. The smallest absolute Gasteiger partial charge is 0.156 e. The molecule has 0 bridgehead atoms. The van der Waals surface area contributed by atoms with Crippen molar-refractivity contribution in [2.45, 2.75) is 57.8 Å². The van der Waals surface area contributed by atoms with Gasteiger partial charge in [-0.2, -0.15) is 5.10 Å². The molecule has 0 amide bonds. The van der Waals surface area contributed by atoms with Gasteiger partial charge in [0.15, 0.2) is 5.79 Å². The molecule has 9 nitrogen and oxygen atoms in total. The first kappa shape index (κ1) is 24.9. The highest BCUT2D eigenvalue weighted by atomic mass is 16.5. The molecule has 0 saturated heterocycles. The van der Waals surface area contributed by atoms with E-state index in [1.807, 2.05) is 30.7 Å². The molecule has 6 rings (SSSR count). The van der Waals surface area contributed by atoms with Gasteiger partial charge in [-0.1, -0.05) is 0 Å². The molecule has 0 aliphatic heterocycles. The van der Waals surface area contributed by atoms with E-state index in [9.17, 15) is 0 Å². The molecule has 5 N–H and O–H groups in total. The maximum Gasteiger partial charge on any atom is 0.156 e. The summed E-state index contributed by atoms with van der Waals surface area (Å²) in [6.07, 6.45) is 15.4. The fourth-order valence-electron chi connectivity index (χ4n) is 5.22. The van der Waals surface area contributed by atoms with Crippen molar-refractivity contribution in [3.63, 3.8) is 0 Å². The second-order valence-corrected chi connectivity index (χ2v) is 10.3. The number of aryl methyl sites for hydroxylation is 1. The molecule has 0 radical (unpaired) electrons. The van der Waals surface area contributed by atoms with Crippen molar-refractivity contribution in [3.8, 4) is 11.1 Å². The Morgan fingerprint density at radius 2 is 1.95 bits per heavy atom. The van der Waals surface area contributed by atoms with E-state index in [1.54, 1.807) is 6.33 Å². The number of fused-ring (bicyclic) bond motifs is 2. The fourth-order valence-corrected chi connectivity index (χ4v) is 5.22. The molecular formula is C28H33N7O2. The summed E-state index contributed by atoms with van der Waals surface area (Å²) in [7, 11) is 0. The van der Waals surface area contributed by atoms with E-state index in [-0.39, 0.29) is 0 Å². The molecule has 4 aromatic heterocycles. The number of hydrogen-bond donors (Lipinski definition) is 4. The van der Waals surface area contributed by atoms with Crippen molar-refractivity contribution in [1.29, 1.82) is 0 Å². The van der Waals surface area contributed by atoms with Gasteiger partial charge in [-0.15, -0.1) is 0 Å². The van der Waals surface area contributed by atoms with Crippen LogP contribution in [-0.4, -0.2) is 45.7 Å². The fraction of sp³-hybridized carbons (Fsp3) is 0.357. The number of pyridine rings is 1. The van der Waals surface area contributed by atoms with Crippen LogP contribution in [0.15, 0.2) is 61.4 Å². The molecule has 1 fully saturated rings. The number of aliphatic hydroxyl groups is 2. The van der Waals surface area contributed by atoms with Crippen molar-refractivity contribution >= 4 is 27.8 Å². The second-order valence-electron chi connectivity index (χ2n) is 10.3. The van der Waals surface area contributed by atoms with Gasteiger partial charge in [-0.25, -0.2) is 15.0 Å². The van der Waals surface area contributed by atoms with E-state index in [4.69, 9.17) is 15.9 Å². The van der Waals surface area contributed by atoms with E-state index in [2.05, 4.69) is 54.1 Å². The molecule has 5 aromatic rings. The molecule has 4 heterocycles. The minimum atomic E-state index is -1.50. The normalized spacial score (nSPS) is 17.7. The zero-order valence-electron chi connectivity index (χ0n) is 21.2. The molecule has 9 heteroatoms. The van der Waals surface area contributed by atoms with Gasteiger partial charge in [0.25, 0.3) is 0 Å². The number of nitrogens with two attached hydrogens (primary N) is 1. The zero-order chi connectivity index (χ0) is 26.0. The van der Waals surface area contributed by atoms with E-state index >= 15 is 0 Å². The number of H-pyrrole nitrogens is 1. The first-order valence-corrected chi connectivity index (χ1v) is 12.6. The topological polar surface area (TPSA) is 139 Å². The Morgan fingerprint density at radius 3 is 2.73 bits per heavy atom. The Bertz CT molecular complexity index is 1480. The van der Waals surface area contributed by atoms with Crippen LogP contribution in [0.25, 0.3) is 33.1 Å². The van der Waals surface area contributed by atoms with Gasteiger partial charge < -0.3 is 20.5 Å². The lowest BCUT2D eigenvalue weighted by Gasteiger charge is -2.15.